The Morgan fingerprint density at radius 3 is 3.05 bits per heavy atom. The van der Waals surface area contributed by atoms with Crippen LogP contribution < -0.4 is 10.1 Å². The topological polar surface area (TPSA) is 61.8 Å². The fourth-order valence-corrected chi connectivity index (χ4v) is 2.66. The van der Waals surface area contributed by atoms with E-state index in [2.05, 4.69) is 11.4 Å². The maximum absolute atomic E-state index is 12.0. The van der Waals surface area contributed by atoms with Gasteiger partial charge in [0.25, 0.3) is 0 Å². The summed E-state index contributed by atoms with van der Waals surface area (Å²) in [6.07, 6.45) is 1.98. The van der Waals surface area contributed by atoms with E-state index in [-0.39, 0.29) is 12.1 Å². The van der Waals surface area contributed by atoms with Crippen molar-refractivity contribution < 1.29 is 14.6 Å². The molecule has 1 aliphatic heterocycles. The zero-order chi connectivity index (χ0) is 15.2. The molecule has 1 aromatic carbocycles. The molecule has 0 radical (unpaired) electrons. The molecule has 1 aliphatic rings. The summed E-state index contributed by atoms with van der Waals surface area (Å²) < 4.78 is 5.33. The van der Waals surface area contributed by atoms with E-state index >= 15 is 0 Å². The average Bonchev–Trinajstić information content (AvgIpc) is 2.47. The Kier molecular flexibility index (Phi) is 5.44. The van der Waals surface area contributed by atoms with Crippen LogP contribution >= 0.6 is 0 Å². The third kappa shape index (κ3) is 4.36. The molecular formula is C16H24N2O3. The van der Waals surface area contributed by atoms with Crippen molar-refractivity contribution in [1.29, 1.82) is 0 Å². The standard InChI is InChI=1S/C16H24N2O3/c1-12-5-6-15(21-2)13(10-12)7-8-17-16(20)18-9-3-4-14(19)11-18/h5-6,10,14,19H,3-4,7-9,11H2,1-2H3,(H,17,20). The molecule has 1 atom stereocenters. The quantitative estimate of drug-likeness (QED) is 0.888. The van der Waals surface area contributed by atoms with E-state index in [4.69, 9.17) is 4.74 Å². The highest BCUT2D eigenvalue weighted by Crippen LogP contribution is 2.19. The molecule has 0 saturated carbocycles. The Morgan fingerprint density at radius 2 is 2.33 bits per heavy atom. The predicted octanol–water partition coefficient (Wildman–Crippen LogP) is 1.71. The van der Waals surface area contributed by atoms with Crippen molar-refractivity contribution >= 4 is 6.03 Å². The van der Waals surface area contributed by atoms with Gasteiger partial charge in [-0.1, -0.05) is 17.7 Å². The number of hydrogen-bond acceptors (Lipinski definition) is 3. The number of aliphatic hydroxyl groups excluding tert-OH is 1. The van der Waals surface area contributed by atoms with Gasteiger partial charge in [-0.15, -0.1) is 0 Å². The number of nitrogens with one attached hydrogen (secondary N) is 1. The van der Waals surface area contributed by atoms with Crippen LogP contribution in [0.3, 0.4) is 0 Å². The molecule has 1 unspecified atom stereocenters. The number of aryl methyl sites for hydroxylation is 1. The molecule has 0 aliphatic carbocycles. The van der Waals surface area contributed by atoms with Crippen molar-refractivity contribution in [2.75, 3.05) is 26.7 Å². The second-order valence-corrected chi connectivity index (χ2v) is 5.54. The number of carbonyl (C=O) groups is 1. The van der Waals surface area contributed by atoms with E-state index in [9.17, 15) is 9.90 Å². The summed E-state index contributed by atoms with van der Waals surface area (Å²) in [6, 6.07) is 5.94. The molecule has 2 amide bonds. The molecule has 21 heavy (non-hydrogen) atoms. The lowest BCUT2D eigenvalue weighted by Gasteiger charge is -2.30. The minimum Gasteiger partial charge on any atom is -0.496 e. The molecule has 116 valence electrons. The van der Waals surface area contributed by atoms with Gasteiger partial charge in [0, 0.05) is 19.6 Å². The summed E-state index contributed by atoms with van der Waals surface area (Å²) in [7, 11) is 1.65. The van der Waals surface area contributed by atoms with Gasteiger partial charge >= 0.3 is 6.03 Å². The van der Waals surface area contributed by atoms with Crippen LogP contribution in [0.25, 0.3) is 0 Å². The first kappa shape index (κ1) is 15.6. The van der Waals surface area contributed by atoms with Crippen LogP contribution in [-0.2, 0) is 6.42 Å². The van der Waals surface area contributed by atoms with Gasteiger partial charge in [0.05, 0.1) is 13.2 Å². The number of methoxy groups -OCH3 is 1. The summed E-state index contributed by atoms with van der Waals surface area (Å²) in [6.45, 7) is 3.75. The minimum atomic E-state index is -0.388. The van der Waals surface area contributed by atoms with Crippen LogP contribution in [0.2, 0.25) is 0 Å². The molecule has 0 aromatic heterocycles. The zero-order valence-corrected chi connectivity index (χ0v) is 12.8. The number of likely N-dealkylation sites (tertiary alicyclic amines) is 1. The molecule has 0 bridgehead atoms. The summed E-state index contributed by atoms with van der Waals surface area (Å²) in [5, 5.41) is 12.5. The van der Waals surface area contributed by atoms with Crippen molar-refractivity contribution in [3.8, 4) is 5.75 Å². The van der Waals surface area contributed by atoms with Gasteiger partial charge in [-0.05, 0) is 37.8 Å². The van der Waals surface area contributed by atoms with Gasteiger partial charge < -0.3 is 20.1 Å². The predicted molar refractivity (Wildman–Crippen MR) is 81.6 cm³/mol. The second kappa shape index (κ2) is 7.31. The van der Waals surface area contributed by atoms with E-state index in [1.807, 2.05) is 19.1 Å². The van der Waals surface area contributed by atoms with E-state index in [1.165, 1.54) is 5.56 Å². The smallest absolute Gasteiger partial charge is 0.317 e. The second-order valence-electron chi connectivity index (χ2n) is 5.54. The summed E-state index contributed by atoms with van der Waals surface area (Å²) in [5.41, 5.74) is 2.27. The lowest BCUT2D eigenvalue weighted by Crippen LogP contribution is -2.47. The van der Waals surface area contributed by atoms with E-state index in [1.54, 1.807) is 12.0 Å². The van der Waals surface area contributed by atoms with Crippen molar-refractivity contribution in [2.45, 2.75) is 32.3 Å². The molecule has 1 fully saturated rings. The van der Waals surface area contributed by atoms with Crippen molar-refractivity contribution in [3.05, 3.63) is 29.3 Å². The number of rotatable bonds is 4. The number of hydrogen-bond donors (Lipinski definition) is 2. The monoisotopic (exact) mass is 292 g/mol. The molecular weight excluding hydrogens is 268 g/mol. The Balaban J connectivity index is 1.83. The first-order valence-corrected chi connectivity index (χ1v) is 7.44. The number of ether oxygens (including phenoxy) is 1. The van der Waals surface area contributed by atoms with Crippen LogP contribution in [0.5, 0.6) is 5.75 Å². The third-order valence-electron chi connectivity index (χ3n) is 3.79. The van der Waals surface area contributed by atoms with E-state index < -0.39 is 0 Å². The Labute approximate surface area is 125 Å². The molecule has 0 spiro atoms. The lowest BCUT2D eigenvalue weighted by atomic mass is 10.1. The van der Waals surface area contributed by atoms with Gasteiger partial charge in [-0.3, -0.25) is 0 Å². The number of amides is 2. The Bertz CT molecular complexity index is 490. The van der Waals surface area contributed by atoms with Crippen LogP contribution in [-0.4, -0.2) is 48.9 Å². The molecule has 1 heterocycles. The number of β-amino-alcohol motifs (C(OH)–C–C–N with tert-alkyl or cyclic N) is 1. The van der Waals surface area contributed by atoms with Crippen LogP contribution in [0.1, 0.15) is 24.0 Å². The van der Waals surface area contributed by atoms with Gasteiger partial charge in [0.1, 0.15) is 5.75 Å². The fraction of sp³-hybridized carbons (Fsp3) is 0.562. The van der Waals surface area contributed by atoms with Gasteiger partial charge in [-0.25, -0.2) is 4.79 Å². The molecule has 1 aromatic rings. The SMILES string of the molecule is COc1ccc(C)cc1CCNC(=O)N1CCCC(O)C1. The number of benzene rings is 1. The van der Waals surface area contributed by atoms with Gasteiger partial charge in [-0.2, -0.15) is 0 Å². The summed E-state index contributed by atoms with van der Waals surface area (Å²) in [4.78, 5) is 13.7. The molecule has 1 saturated heterocycles. The fourth-order valence-electron chi connectivity index (χ4n) is 2.66. The van der Waals surface area contributed by atoms with E-state index in [0.29, 0.717) is 13.1 Å². The Morgan fingerprint density at radius 1 is 1.52 bits per heavy atom. The largest absolute Gasteiger partial charge is 0.496 e. The maximum atomic E-state index is 12.0. The number of aliphatic hydroxyl groups is 1. The van der Waals surface area contributed by atoms with Crippen molar-refractivity contribution in [1.82, 2.24) is 10.2 Å². The van der Waals surface area contributed by atoms with Crippen molar-refractivity contribution in [3.63, 3.8) is 0 Å². The number of carbonyl (C=O) groups excluding carboxylic acids is 1. The average molecular weight is 292 g/mol. The highest BCUT2D eigenvalue weighted by atomic mass is 16.5. The van der Waals surface area contributed by atoms with Crippen LogP contribution in [0, 0.1) is 6.92 Å². The van der Waals surface area contributed by atoms with Crippen LogP contribution in [0.4, 0.5) is 4.79 Å². The number of urea groups is 1. The first-order chi connectivity index (χ1) is 10.1. The molecule has 5 heteroatoms. The number of piperidine rings is 1. The Hall–Kier alpha value is -1.75. The summed E-state index contributed by atoms with van der Waals surface area (Å²) in [5.74, 6) is 0.850. The first-order valence-electron chi connectivity index (χ1n) is 7.44. The van der Waals surface area contributed by atoms with E-state index in [0.717, 1.165) is 37.1 Å². The van der Waals surface area contributed by atoms with Crippen LogP contribution in [0.15, 0.2) is 18.2 Å². The highest BCUT2D eigenvalue weighted by Gasteiger charge is 2.21. The zero-order valence-electron chi connectivity index (χ0n) is 12.8. The third-order valence-corrected chi connectivity index (χ3v) is 3.79. The minimum absolute atomic E-state index is 0.0969. The lowest BCUT2D eigenvalue weighted by molar-refractivity contribution is 0.0843. The number of nitrogens with zero attached hydrogens (tertiary/aromatic N) is 1. The summed E-state index contributed by atoms with van der Waals surface area (Å²) >= 11 is 0. The normalized spacial score (nSPS) is 18.4. The molecule has 5 nitrogen and oxygen atoms in total. The molecule has 2 N–H and O–H groups in total. The van der Waals surface area contributed by atoms with Gasteiger partial charge in [0.15, 0.2) is 0 Å². The maximum Gasteiger partial charge on any atom is 0.317 e. The molecule has 2 rings (SSSR count). The van der Waals surface area contributed by atoms with Crippen molar-refractivity contribution in [2.24, 2.45) is 0 Å². The highest BCUT2D eigenvalue weighted by molar-refractivity contribution is 5.74. The van der Waals surface area contributed by atoms with Gasteiger partial charge in [0.2, 0.25) is 0 Å².